The SMILES string of the molecule is CCN1CC[C@H]2CC[C@@H](C1)N2CC(=O)NCCOc1cccc(F)c1. The van der Waals surface area contributed by atoms with Gasteiger partial charge in [-0.1, -0.05) is 13.0 Å². The quantitative estimate of drug-likeness (QED) is 0.764. The Labute approximate surface area is 149 Å². The lowest BCUT2D eigenvalue weighted by Crippen LogP contribution is -2.45. The Hall–Kier alpha value is -1.66. The lowest BCUT2D eigenvalue weighted by atomic mass is 10.1. The molecular weight excluding hydrogens is 321 g/mol. The number of hydrogen-bond acceptors (Lipinski definition) is 4. The molecule has 1 aromatic rings. The lowest BCUT2D eigenvalue weighted by Gasteiger charge is -2.27. The summed E-state index contributed by atoms with van der Waals surface area (Å²) in [6.07, 6.45) is 3.55. The van der Waals surface area contributed by atoms with Crippen LogP contribution in [0.1, 0.15) is 26.2 Å². The fourth-order valence-electron chi connectivity index (χ4n) is 3.93. The van der Waals surface area contributed by atoms with Gasteiger partial charge in [-0.2, -0.15) is 0 Å². The maximum absolute atomic E-state index is 13.1. The number of benzene rings is 1. The predicted octanol–water partition coefficient (Wildman–Crippen LogP) is 1.88. The second kappa shape index (κ2) is 8.63. The van der Waals surface area contributed by atoms with E-state index in [-0.39, 0.29) is 11.7 Å². The van der Waals surface area contributed by atoms with Crippen molar-refractivity contribution in [2.24, 2.45) is 0 Å². The minimum atomic E-state index is -0.320. The first-order chi connectivity index (χ1) is 12.2. The molecule has 0 radical (unpaired) electrons. The van der Waals surface area contributed by atoms with Gasteiger partial charge in [-0.05, 0) is 44.5 Å². The number of rotatable bonds is 7. The van der Waals surface area contributed by atoms with E-state index in [1.807, 2.05) is 0 Å². The minimum absolute atomic E-state index is 0.0460. The van der Waals surface area contributed by atoms with Crippen molar-refractivity contribution in [2.45, 2.75) is 38.3 Å². The molecule has 6 heteroatoms. The van der Waals surface area contributed by atoms with E-state index >= 15 is 0 Å². The lowest BCUT2D eigenvalue weighted by molar-refractivity contribution is -0.123. The molecule has 5 nitrogen and oxygen atoms in total. The molecule has 1 amide bonds. The second-order valence-corrected chi connectivity index (χ2v) is 6.90. The van der Waals surface area contributed by atoms with Crippen LogP contribution in [0.5, 0.6) is 5.75 Å². The number of ether oxygens (including phenoxy) is 1. The molecular formula is C19H28FN3O2. The van der Waals surface area contributed by atoms with Crippen molar-refractivity contribution < 1.29 is 13.9 Å². The van der Waals surface area contributed by atoms with Gasteiger partial charge in [0, 0.05) is 24.7 Å². The number of halogens is 1. The van der Waals surface area contributed by atoms with Crippen LogP contribution >= 0.6 is 0 Å². The van der Waals surface area contributed by atoms with Crippen molar-refractivity contribution >= 4 is 5.91 Å². The molecule has 138 valence electrons. The van der Waals surface area contributed by atoms with E-state index in [4.69, 9.17) is 4.74 Å². The summed E-state index contributed by atoms with van der Waals surface area (Å²) in [5, 5.41) is 2.92. The van der Waals surface area contributed by atoms with E-state index < -0.39 is 0 Å². The maximum Gasteiger partial charge on any atom is 0.234 e. The monoisotopic (exact) mass is 349 g/mol. The van der Waals surface area contributed by atoms with Crippen LogP contribution in [0.3, 0.4) is 0 Å². The van der Waals surface area contributed by atoms with Gasteiger partial charge < -0.3 is 15.0 Å². The summed E-state index contributed by atoms with van der Waals surface area (Å²) >= 11 is 0. The molecule has 2 saturated heterocycles. The van der Waals surface area contributed by atoms with Crippen molar-refractivity contribution in [3.8, 4) is 5.75 Å². The first-order valence-corrected chi connectivity index (χ1v) is 9.29. The highest BCUT2D eigenvalue weighted by Gasteiger charge is 2.37. The van der Waals surface area contributed by atoms with Crippen LogP contribution in [0.2, 0.25) is 0 Å². The highest BCUT2D eigenvalue weighted by atomic mass is 19.1. The number of nitrogens with zero attached hydrogens (tertiary/aromatic N) is 2. The maximum atomic E-state index is 13.1. The highest BCUT2D eigenvalue weighted by molar-refractivity contribution is 5.78. The summed E-state index contributed by atoms with van der Waals surface area (Å²) < 4.78 is 18.5. The Morgan fingerprint density at radius 1 is 1.32 bits per heavy atom. The molecule has 0 aliphatic carbocycles. The van der Waals surface area contributed by atoms with Crippen LogP contribution in [0.4, 0.5) is 4.39 Å². The minimum Gasteiger partial charge on any atom is -0.492 e. The van der Waals surface area contributed by atoms with Crippen molar-refractivity contribution in [1.29, 1.82) is 0 Å². The number of carbonyl (C=O) groups is 1. The molecule has 1 N–H and O–H groups in total. The van der Waals surface area contributed by atoms with Crippen LogP contribution in [0, 0.1) is 5.82 Å². The number of amides is 1. The van der Waals surface area contributed by atoms with Crippen molar-refractivity contribution in [2.75, 3.05) is 39.3 Å². The summed E-state index contributed by atoms with van der Waals surface area (Å²) in [7, 11) is 0. The molecule has 1 aromatic carbocycles. The van der Waals surface area contributed by atoms with Gasteiger partial charge >= 0.3 is 0 Å². The first-order valence-electron chi connectivity index (χ1n) is 9.29. The first kappa shape index (κ1) is 18.1. The molecule has 2 bridgehead atoms. The van der Waals surface area contributed by atoms with Gasteiger partial charge in [-0.3, -0.25) is 9.69 Å². The van der Waals surface area contributed by atoms with Crippen LogP contribution in [-0.4, -0.2) is 67.1 Å². The Morgan fingerprint density at radius 3 is 2.96 bits per heavy atom. The normalized spacial score (nSPS) is 24.1. The van der Waals surface area contributed by atoms with E-state index in [9.17, 15) is 9.18 Å². The highest BCUT2D eigenvalue weighted by Crippen LogP contribution is 2.29. The topological polar surface area (TPSA) is 44.8 Å². The third kappa shape index (κ3) is 4.92. The van der Waals surface area contributed by atoms with E-state index in [1.54, 1.807) is 12.1 Å². The molecule has 2 atom stereocenters. The zero-order valence-corrected chi connectivity index (χ0v) is 14.9. The molecule has 0 spiro atoms. The summed E-state index contributed by atoms with van der Waals surface area (Å²) in [5.41, 5.74) is 0. The van der Waals surface area contributed by atoms with Crippen LogP contribution < -0.4 is 10.1 Å². The molecule has 0 saturated carbocycles. The summed E-state index contributed by atoms with van der Waals surface area (Å²) in [6.45, 7) is 6.73. The Kier molecular flexibility index (Phi) is 6.26. The van der Waals surface area contributed by atoms with Gasteiger partial charge in [0.05, 0.1) is 13.1 Å². The molecule has 3 rings (SSSR count). The predicted molar refractivity (Wildman–Crippen MR) is 95.2 cm³/mol. The molecule has 2 fully saturated rings. The fourth-order valence-corrected chi connectivity index (χ4v) is 3.93. The van der Waals surface area contributed by atoms with Gasteiger partial charge in [0.25, 0.3) is 0 Å². The second-order valence-electron chi connectivity index (χ2n) is 6.90. The molecule has 0 aromatic heterocycles. The smallest absolute Gasteiger partial charge is 0.234 e. The van der Waals surface area contributed by atoms with Crippen LogP contribution in [-0.2, 0) is 4.79 Å². The van der Waals surface area contributed by atoms with Crippen LogP contribution in [0.15, 0.2) is 24.3 Å². The van der Waals surface area contributed by atoms with Crippen LogP contribution in [0.25, 0.3) is 0 Å². The largest absolute Gasteiger partial charge is 0.492 e. The standard InChI is InChI=1S/C19H28FN3O2/c1-2-22-10-8-16-6-7-17(13-22)23(16)14-19(24)21-9-11-25-18-5-3-4-15(20)12-18/h3-5,12,16-17H,2,6-11,13-14H2,1H3,(H,21,24)/t16-,17+/m1/s1. The van der Waals surface area contributed by atoms with E-state index in [2.05, 4.69) is 22.0 Å². The Bertz CT molecular complexity index is 584. The molecule has 0 unspecified atom stereocenters. The van der Waals surface area contributed by atoms with Crippen molar-refractivity contribution in [3.05, 3.63) is 30.1 Å². The number of likely N-dealkylation sites (N-methyl/N-ethyl adjacent to an activating group) is 1. The van der Waals surface area contributed by atoms with Crippen molar-refractivity contribution in [1.82, 2.24) is 15.1 Å². The zero-order valence-electron chi connectivity index (χ0n) is 14.9. The van der Waals surface area contributed by atoms with Gasteiger partial charge in [-0.25, -0.2) is 4.39 Å². The third-order valence-electron chi connectivity index (χ3n) is 5.28. The number of likely N-dealkylation sites (tertiary alicyclic amines) is 1. The Balaban J connectivity index is 1.40. The van der Waals surface area contributed by atoms with Gasteiger partial charge in [0.1, 0.15) is 18.2 Å². The molecule has 2 heterocycles. The Morgan fingerprint density at radius 2 is 2.16 bits per heavy atom. The van der Waals surface area contributed by atoms with E-state index in [0.717, 1.165) is 26.1 Å². The van der Waals surface area contributed by atoms with Gasteiger partial charge in [-0.15, -0.1) is 0 Å². The molecule has 2 aliphatic rings. The van der Waals surface area contributed by atoms with E-state index in [0.29, 0.717) is 37.5 Å². The number of fused-ring (bicyclic) bond motifs is 2. The number of hydrogen-bond donors (Lipinski definition) is 1. The third-order valence-corrected chi connectivity index (χ3v) is 5.28. The average molecular weight is 349 g/mol. The van der Waals surface area contributed by atoms with Gasteiger partial charge in [0.2, 0.25) is 5.91 Å². The van der Waals surface area contributed by atoms with E-state index in [1.165, 1.54) is 25.0 Å². The number of nitrogens with one attached hydrogen (secondary N) is 1. The molecule has 25 heavy (non-hydrogen) atoms. The zero-order chi connectivity index (χ0) is 17.6. The van der Waals surface area contributed by atoms with Crippen molar-refractivity contribution in [3.63, 3.8) is 0 Å². The summed E-state index contributed by atoms with van der Waals surface area (Å²) in [5.74, 6) is 0.212. The average Bonchev–Trinajstić information content (AvgIpc) is 2.86. The molecule has 2 aliphatic heterocycles. The number of carbonyl (C=O) groups excluding carboxylic acids is 1. The summed E-state index contributed by atoms with van der Waals surface area (Å²) in [4.78, 5) is 17.2. The fraction of sp³-hybridized carbons (Fsp3) is 0.632. The summed E-state index contributed by atoms with van der Waals surface area (Å²) in [6, 6.07) is 7.08. The van der Waals surface area contributed by atoms with Gasteiger partial charge in [0.15, 0.2) is 0 Å².